The number of likely N-dealkylation sites (tertiary alicyclic amines) is 1. The molecule has 0 aliphatic carbocycles. The van der Waals surface area contributed by atoms with Crippen LogP contribution in [0.15, 0.2) is 67.1 Å². The standard InChI is InChI=1S/C23H24N6/c1-2-10-25-22(5-1)28-23-26-12-9-21(27-23)19-4-3-13-29(16-19)15-17-6-7-20-18(14-17)8-11-24-20/h1-2,5-12,14,19,24H,3-4,13,15-16H2,(H,25,26,27,28). The molecule has 3 aromatic heterocycles. The Morgan fingerprint density at radius 2 is 2.07 bits per heavy atom. The van der Waals surface area contributed by atoms with E-state index in [4.69, 9.17) is 4.98 Å². The number of hydrogen-bond donors (Lipinski definition) is 2. The Kier molecular flexibility index (Phi) is 4.92. The topological polar surface area (TPSA) is 69.7 Å². The molecule has 4 aromatic rings. The normalized spacial score (nSPS) is 17.4. The first-order valence-corrected chi connectivity index (χ1v) is 10.1. The number of piperidine rings is 1. The van der Waals surface area contributed by atoms with E-state index in [1.165, 1.54) is 22.9 Å². The van der Waals surface area contributed by atoms with Crippen LogP contribution in [-0.2, 0) is 6.54 Å². The largest absolute Gasteiger partial charge is 0.361 e. The highest BCUT2D eigenvalue weighted by Gasteiger charge is 2.23. The maximum absolute atomic E-state index is 4.77. The third-order valence-corrected chi connectivity index (χ3v) is 5.53. The van der Waals surface area contributed by atoms with Crippen LogP contribution < -0.4 is 5.32 Å². The fraction of sp³-hybridized carbons (Fsp3) is 0.261. The summed E-state index contributed by atoms with van der Waals surface area (Å²) >= 11 is 0. The lowest BCUT2D eigenvalue weighted by atomic mass is 9.94. The number of benzene rings is 1. The number of hydrogen-bond acceptors (Lipinski definition) is 5. The zero-order valence-electron chi connectivity index (χ0n) is 16.3. The highest BCUT2D eigenvalue weighted by atomic mass is 15.2. The third-order valence-electron chi connectivity index (χ3n) is 5.53. The van der Waals surface area contributed by atoms with E-state index in [2.05, 4.69) is 49.4 Å². The Morgan fingerprint density at radius 3 is 3.00 bits per heavy atom. The summed E-state index contributed by atoms with van der Waals surface area (Å²) in [6.07, 6.45) is 7.94. The highest BCUT2D eigenvalue weighted by molar-refractivity contribution is 5.79. The van der Waals surface area contributed by atoms with Gasteiger partial charge in [0.15, 0.2) is 0 Å². The van der Waals surface area contributed by atoms with E-state index in [0.717, 1.165) is 37.6 Å². The molecule has 6 nitrogen and oxygen atoms in total. The van der Waals surface area contributed by atoms with Gasteiger partial charge in [-0.15, -0.1) is 0 Å². The monoisotopic (exact) mass is 384 g/mol. The molecule has 6 heteroatoms. The predicted octanol–water partition coefficient (Wildman–Crippen LogP) is 4.48. The maximum Gasteiger partial charge on any atom is 0.228 e. The van der Waals surface area contributed by atoms with Gasteiger partial charge in [-0.1, -0.05) is 12.1 Å². The number of anilines is 2. The van der Waals surface area contributed by atoms with Crippen molar-refractivity contribution in [2.75, 3.05) is 18.4 Å². The number of aromatic amines is 1. The minimum absolute atomic E-state index is 0.423. The molecule has 1 unspecified atom stereocenters. The molecule has 0 amide bonds. The van der Waals surface area contributed by atoms with Gasteiger partial charge in [0, 0.05) is 43.1 Å². The van der Waals surface area contributed by atoms with Crippen molar-refractivity contribution >= 4 is 22.7 Å². The zero-order chi connectivity index (χ0) is 19.5. The predicted molar refractivity (Wildman–Crippen MR) is 115 cm³/mol. The van der Waals surface area contributed by atoms with Crippen molar-refractivity contribution in [2.24, 2.45) is 0 Å². The number of pyridine rings is 1. The first-order chi connectivity index (χ1) is 14.3. The highest BCUT2D eigenvalue weighted by Crippen LogP contribution is 2.27. The summed E-state index contributed by atoms with van der Waals surface area (Å²) in [4.78, 5) is 19.2. The molecule has 0 saturated carbocycles. The lowest BCUT2D eigenvalue weighted by molar-refractivity contribution is 0.198. The fourth-order valence-corrected chi connectivity index (χ4v) is 4.11. The van der Waals surface area contributed by atoms with Crippen molar-refractivity contribution < 1.29 is 0 Å². The van der Waals surface area contributed by atoms with Crippen LogP contribution in [0.1, 0.15) is 30.0 Å². The SMILES string of the molecule is c1ccc(Nc2nccc(C3CCCN(Cc4ccc5[nH]ccc5c4)C3)n2)nc1. The van der Waals surface area contributed by atoms with Crippen LogP contribution in [0.5, 0.6) is 0 Å². The van der Waals surface area contributed by atoms with Crippen LogP contribution >= 0.6 is 0 Å². The summed E-state index contributed by atoms with van der Waals surface area (Å²) in [5.74, 6) is 1.79. The average Bonchev–Trinajstić information content (AvgIpc) is 3.23. The number of rotatable bonds is 5. The summed E-state index contributed by atoms with van der Waals surface area (Å²) in [5.41, 5.74) is 3.65. The Hall–Kier alpha value is -3.25. The van der Waals surface area contributed by atoms with Crippen molar-refractivity contribution in [1.82, 2.24) is 24.8 Å². The van der Waals surface area contributed by atoms with Gasteiger partial charge in [0.25, 0.3) is 0 Å². The molecule has 5 rings (SSSR count). The second kappa shape index (κ2) is 8.01. The summed E-state index contributed by atoms with van der Waals surface area (Å²) in [7, 11) is 0. The minimum Gasteiger partial charge on any atom is -0.361 e. The molecule has 1 fully saturated rings. The molecule has 4 heterocycles. The molecule has 1 atom stereocenters. The van der Waals surface area contributed by atoms with Crippen molar-refractivity contribution in [3.63, 3.8) is 0 Å². The van der Waals surface area contributed by atoms with E-state index < -0.39 is 0 Å². The molecular weight excluding hydrogens is 360 g/mol. The van der Waals surface area contributed by atoms with Gasteiger partial charge in [-0.3, -0.25) is 4.90 Å². The van der Waals surface area contributed by atoms with Gasteiger partial charge in [0.2, 0.25) is 5.95 Å². The van der Waals surface area contributed by atoms with Crippen LogP contribution in [0.3, 0.4) is 0 Å². The second-order valence-corrected chi connectivity index (χ2v) is 7.62. The Balaban J connectivity index is 1.28. The quantitative estimate of drug-likeness (QED) is 0.531. The third kappa shape index (κ3) is 4.12. The number of nitrogens with one attached hydrogen (secondary N) is 2. The molecule has 1 saturated heterocycles. The van der Waals surface area contributed by atoms with Crippen LogP contribution in [0.25, 0.3) is 10.9 Å². The Labute approximate surface area is 170 Å². The van der Waals surface area contributed by atoms with Gasteiger partial charge in [-0.2, -0.15) is 0 Å². The number of nitrogens with zero attached hydrogens (tertiary/aromatic N) is 4. The molecule has 1 aromatic carbocycles. The molecule has 2 N–H and O–H groups in total. The first-order valence-electron chi connectivity index (χ1n) is 10.1. The maximum atomic E-state index is 4.77. The summed E-state index contributed by atoms with van der Waals surface area (Å²) in [5, 5.41) is 4.47. The first kappa shape index (κ1) is 17.8. The summed E-state index contributed by atoms with van der Waals surface area (Å²) < 4.78 is 0. The van der Waals surface area contributed by atoms with E-state index in [0.29, 0.717) is 11.9 Å². The lowest BCUT2D eigenvalue weighted by Gasteiger charge is -2.32. The van der Waals surface area contributed by atoms with Gasteiger partial charge < -0.3 is 10.3 Å². The fourth-order valence-electron chi connectivity index (χ4n) is 4.11. The van der Waals surface area contributed by atoms with Crippen LogP contribution in [0, 0.1) is 0 Å². The molecular formula is C23H24N6. The average molecular weight is 384 g/mol. The van der Waals surface area contributed by atoms with Gasteiger partial charge >= 0.3 is 0 Å². The molecule has 146 valence electrons. The van der Waals surface area contributed by atoms with Crippen molar-refractivity contribution in [1.29, 1.82) is 0 Å². The smallest absolute Gasteiger partial charge is 0.228 e. The minimum atomic E-state index is 0.423. The molecule has 1 aliphatic rings. The van der Waals surface area contributed by atoms with Crippen molar-refractivity contribution in [3.05, 3.63) is 78.4 Å². The molecule has 0 bridgehead atoms. The number of fused-ring (bicyclic) bond motifs is 1. The van der Waals surface area contributed by atoms with Crippen LogP contribution in [0.4, 0.5) is 11.8 Å². The van der Waals surface area contributed by atoms with E-state index in [1.54, 1.807) is 6.20 Å². The van der Waals surface area contributed by atoms with E-state index >= 15 is 0 Å². The molecule has 29 heavy (non-hydrogen) atoms. The van der Waals surface area contributed by atoms with Gasteiger partial charge in [-0.25, -0.2) is 15.0 Å². The zero-order valence-corrected chi connectivity index (χ0v) is 16.3. The van der Waals surface area contributed by atoms with Crippen LogP contribution in [0.2, 0.25) is 0 Å². The molecule has 1 aliphatic heterocycles. The van der Waals surface area contributed by atoms with E-state index in [1.807, 2.05) is 36.7 Å². The van der Waals surface area contributed by atoms with Gasteiger partial charge in [0.1, 0.15) is 5.82 Å². The van der Waals surface area contributed by atoms with E-state index in [9.17, 15) is 0 Å². The van der Waals surface area contributed by atoms with Gasteiger partial charge in [-0.05, 0) is 66.7 Å². The molecule has 0 radical (unpaired) electrons. The van der Waals surface area contributed by atoms with Crippen molar-refractivity contribution in [2.45, 2.75) is 25.3 Å². The lowest BCUT2D eigenvalue weighted by Crippen LogP contribution is -2.34. The van der Waals surface area contributed by atoms with E-state index in [-0.39, 0.29) is 0 Å². The Bertz CT molecular complexity index is 1090. The Morgan fingerprint density at radius 1 is 1.07 bits per heavy atom. The summed E-state index contributed by atoms with van der Waals surface area (Å²) in [6, 6.07) is 16.6. The summed E-state index contributed by atoms with van der Waals surface area (Å²) in [6.45, 7) is 3.12. The number of aromatic nitrogens is 4. The van der Waals surface area contributed by atoms with Crippen LogP contribution in [-0.4, -0.2) is 37.9 Å². The number of H-pyrrole nitrogens is 1. The molecule has 0 spiro atoms. The van der Waals surface area contributed by atoms with Gasteiger partial charge in [0.05, 0.1) is 5.69 Å². The second-order valence-electron chi connectivity index (χ2n) is 7.62. The van der Waals surface area contributed by atoms with Crippen molar-refractivity contribution in [3.8, 4) is 0 Å².